The number of hydrazine groups is 1. The van der Waals surface area contributed by atoms with E-state index in [0.717, 1.165) is 0 Å². The lowest BCUT2D eigenvalue weighted by Gasteiger charge is -2.42. The molecule has 1 fully saturated rings. The molecule has 0 aliphatic carbocycles. The van der Waals surface area contributed by atoms with Crippen LogP contribution in [0, 0.1) is 0 Å². The quantitative estimate of drug-likeness (QED) is 0.122. The summed E-state index contributed by atoms with van der Waals surface area (Å²) >= 11 is 0. The molecule has 13 heteroatoms. The van der Waals surface area contributed by atoms with Gasteiger partial charge in [0.15, 0.2) is 6.29 Å². The molecule has 11 N–H and O–H groups in total. The number of hydrogen-bond donors (Lipinski definition) is 10. The molecule has 0 unspecified atom stereocenters. The van der Waals surface area contributed by atoms with E-state index in [1.165, 1.54) is 6.92 Å². The minimum Gasteiger partial charge on any atom is -0.394 e. The van der Waals surface area contributed by atoms with Gasteiger partial charge in [-0.3, -0.25) is 16.1 Å². The SMILES string of the molecule is CC(=O)N[C@H](CNN)[C@@H](O)[C@H](O[C@@H]1O[C@H](CO)[C@H](O)[C@H](O)[C@H]1O)[C@H](O)CO. The highest BCUT2D eigenvalue weighted by atomic mass is 16.7. The fraction of sp³-hybridized carbons (Fsp3) is 0.929. The standard InChI is InChI=1S/C14H29N3O10/c1-5(20)17-6(2-16-15)9(22)13(7(21)3-18)27-14-12(25)11(24)10(23)8(4-19)26-14/h6-14,16,18-19,21-25H,2-4,15H2,1H3,(H,17,20)/t6-,7-,8-,9-,10+,11+,12-,13-,14+/m1/s1. The molecule has 0 saturated carbocycles. The lowest BCUT2D eigenvalue weighted by molar-refractivity contribution is -0.325. The van der Waals surface area contributed by atoms with Gasteiger partial charge in [0.1, 0.15) is 42.7 Å². The summed E-state index contributed by atoms with van der Waals surface area (Å²) in [6.45, 7) is -0.492. The number of amides is 1. The first-order valence-electron chi connectivity index (χ1n) is 8.31. The molecule has 1 heterocycles. The van der Waals surface area contributed by atoms with E-state index in [4.69, 9.17) is 15.3 Å². The van der Waals surface area contributed by atoms with Gasteiger partial charge in [0.2, 0.25) is 5.91 Å². The van der Waals surface area contributed by atoms with Crippen LogP contribution >= 0.6 is 0 Å². The Morgan fingerprint density at radius 2 is 1.81 bits per heavy atom. The Morgan fingerprint density at radius 3 is 2.30 bits per heavy atom. The van der Waals surface area contributed by atoms with Crippen LogP contribution in [0.2, 0.25) is 0 Å². The highest BCUT2D eigenvalue weighted by molar-refractivity contribution is 5.73. The van der Waals surface area contributed by atoms with Crippen molar-refractivity contribution in [3.05, 3.63) is 0 Å². The van der Waals surface area contributed by atoms with Crippen LogP contribution in [0.25, 0.3) is 0 Å². The van der Waals surface area contributed by atoms with Gasteiger partial charge in [-0.2, -0.15) is 0 Å². The highest BCUT2D eigenvalue weighted by Crippen LogP contribution is 2.24. The molecule has 1 aliphatic rings. The molecule has 1 amide bonds. The zero-order valence-electron chi connectivity index (χ0n) is 14.8. The number of nitrogens with two attached hydrogens (primary N) is 1. The topological polar surface area (TPSA) is 227 Å². The van der Waals surface area contributed by atoms with E-state index in [2.05, 4.69) is 10.7 Å². The van der Waals surface area contributed by atoms with Crippen molar-refractivity contribution in [1.82, 2.24) is 10.7 Å². The molecule has 13 nitrogen and oxygen atoms in total. The summed E-state index contributed by atoms with van der Waals surface area (Å²) in [5, 5.41) is 70.9. The second kappa shape index (κ2) is 11.1. The maximum atomic E-state index is 11.3. The Kier molecular flexibility index (Phi) is 9.92. The van der Waals surface area contributed by atoms with Crippen molar-refractivity contribution in [3.63, 3.8) is 0 Å². The third-order valence-electron chi connectivity index (χ3n) is 4.18. The average molecular weight is 399 g/mol. The first-order valence-corrected chi connectivity index (χ1v) is 8.31. The molecule has 160 valence electrons. The Morgan fingerprint density at radius 1 is 1.19 bits per heavy atom. The van der Waals surface area contributed by atoms with E-state index >= 15 is 0 Å². The Labute approximate surface area is 155 Å². The number of aliphatic hydroxyl groups is 7. The number of hydrogen-bond acceptors (Lipinski definition) is 12. The van der Waals surface area contributed by atoms with Gasteiger partial charge >= 0.3 is 0 Å². The Hall–Kier alpha value is -0.970. The number of aliphatic hydroxyl groups excluding tert-OH is 7. The molecular weight excluding hydrogens is 370 g/mol. The molecule has 0 aromatic heterocycles. The third kappa shape index (κ3) is 6.27. The predicted octanol–water partition coefficient (Wildman–Crippen LogP) is -6.15. The Bertz CT molecular complexity index is 457. The number of carbonyl (C=O) groups is 1. The molecule has 1 saturated heterocycles. The van der Waals surface area contributed by atoms with Gasteiger partial charge in [-0.15, -0.1) is 0 Å². The van der Waals surface area contributed by atoms with Gasteiger partial charge in [0.25, 0.3) is 0 Å². The fourth-order valence-electron chi connectivity index (χ4n) is 2.71. The molecule has 1 aliphatic heterocycles. The third-order valence-corrected chi connectivity index (χ3v) is 4.18. The van der Waals surface area contributed by atoms with E-state index < -0.39 is 74.2 Å². The van der Waals surface area contributed by atoms with Gasteiger partial charge in [-0.05, 0) is 0 Å². The van der Waals surface area contributed by atoms with Crippen LogP contribution in [0.15, 0.2) is 0 Å². The van der Waals surface area contributed by atoms with Crippen molar-refractivity contribution < 1.29 is 50.0 Å². The second-order valence-corrected chi connectivity index (χ2v) is 6.25. The van der Waals surface area contributed by atoms with Crippen molar-refractivity contribution in [3.8, 4) is 0 Å². The number of nitrogens with one attached hydrogen (secondary N) is 2. The zero-order valence-corrected chi connectivity index (χ0v) is 14.8. The fourth-order valence-corrected chi connectivity index (χ4v) is 2.71. The molecule has 1 rings (SSSR count). The van der Waals surface area contributed by atoms with Crippen LogP contribution in [-0.2, 0) is 14.3 Å². The summed E-state index contributed by atoms with van der Waals surface area (Å²) in [6.07, 6.45) is -13.0. The first kappa shape index (κ1) is 24.1. The molecule has 0 radical (unpaired) electrons. The summed E-state index contributed by atoms with van der Waals surface area (Å²) in [6, 6.07) is -1.05. The van der Waals surface area contributed by atoms with Gasteiger partial charge in [0, 0.05) is 13.5 Å². The van der Waals surface area contributed by atoms with Crippen LogP contribution in [0.3, 0.4) is 0 Å². The monoisotopic (exact) mass is 399 g/mol. The molecule has 0 aromatic rings. The van der Waals surface area contributed by atoms with Crippen molar-refractivity contribution in [1.29, 1.82) is 0 Å². The molecule has 27 heavy (non-hydrogen) atoms. The molecular formula is C14H29N3O10. The Balaban J connectivity index is 3.00. The minimum atomic E-state index is -1.78. The largest absolute Gasteiger partial charge is 0.394 e. The van der Waals surface area contributed by atoms with Gasteiger partial charge in [0.05, 0.1) is 19.3 Å². The van der Waals surface area contributed by atoms with Gasteiger partial charge in [-0.25, -0.2) is 0 Å². The maximum absolute atomic E-state index is 11.3. The van der Waals surface area contributed by atoms with Crippen LogP contribution < -0.4 is 16.6 Å². The summed E-state index contributed by atoms with van der Waals surface area (Å²) in [7, 11) is 0. The highest BCUT2D eigenvalue weighted by Gasteiger charge is 2.46. The summed E-state index contributed by atoms with van der Waals surface area (Å²) in [5.74, 6) is 4.69. The van der Waals surface area contributed by atoms with E-state index in [1.54, 1.807) is 0 Å². The number of rotatable bonds is 10. The van der Waals surface area contributed by atoms with Crippen molar-refractivity contribution in [2.24, 2.45) is 5.84 Å². The predicted molar refractivity (Wildman–Crippen MR) is 87.5 cm³/mol. The molecule has 0 bridgehead atoms. The van der Waals surface area contributed by atoms with Crippen LogP contribution in [0.5, 0.6) is 0 Å². The molecule has 0 aromatic carbocycles. The lowest BCUT2D eigenvalue weighted by atomic mass is 9.98. The normalized spacial score (nSPS) is 33.1. The van der Waals surface area contributed by atoms with Crippen LogP contribution in [-0.4, -0.2) is 116 Å². The lowest BCUT2D eigenvalue weighted by Crippen LogP contribution is -2.63. The minimum absolute atomic E-state index is 0.132. The molecule has 0 spiro atoms. The second-order valence-electron chi connectivity index (χ2n) is 6.25. The maximum Gasteiger partial charge on any atom is 0.217 e. The van der Waals surface area contributed by atoms with Gasteiger partial charge in [-0.1, -0.05) is 0 Å². The summed E-state index contributed by atoms with van der Waals surface area (Å²) in [4.78, 5) is 11.3. The smallest absolute Gasteiger partial charge is 0.217 e. The van der Waals surface area contributed by atoms with Gasteiger partial charge < -0.3 is 50.5 Å². The van der Waals surface area contributed by atoms with E-state index in [0.29, 0.717) is 0 Å². The number of carbonyl (C=O) groups excluding carboxylic acids is 1. The average Bonchev–Trinajstić information content (AvgIpc) is 2.64. The van der Waals surface area contributed by atoms with E-state index in [9.17, 15) is 40.5 Å². The van der Waals surface area contributed by atoms with E-state index in [-0.39, 0.29) is 6.54 Å². The zero-order chi connectivity index (χ0) is 20.7. The van der Waals surface area contributed by atoms with Crippen LogP contribution in [0.4, 0.5) is 0 Å². The number of ether oxygens (including phenoxy) is 2. The van der Waals surface area contributed by atoms with Crippen molar-refractivity contribution in [2.75, 3.05) is 19.8 Å². The summed E-state index contributed by atoms with van der Waals surface area (Å²) in [5.41, 5.74) is 2.25. The van der Waals surface area contributed by atoms with Crippen LogP contribution in [0.1, 0.15) is 6.92 Å². The first-order chi connectivity index (χ1) is 12.7. The van der Waals surface area contributed by atoms with Crippen molar-refractivity contribution >= 4 is 5.91 Å². The molecule has 9 atom stereocenters. The summed E-state index contributed by atoms with van der Waals surface area (Å²) < 4.78 is 10.5. The van der Waals surface area contributed by atoms with E-state index in [1.807, 2.05) is 0 Å². The van der Waals surface area contributed by atoms with Crippen molar-refractivity contribution in [2.45, 2.75) is 62.0 Å².